The molecule has 0 rings (SSSR count). The van der Waals surface area contributed by atoms with Crippen LogP contribution in [-0.2, 0) is 0 Å². The fourth-order valence-corrected chi connectivity index (χ4v) is 0.907. The number of allylic oxidation sites excluding steroid dienone is 2. The Hall–Kier alpha value is -1.38. The van der Waals surface area contributed by atoms with E-state index in [1.54, 1.807) is 0 Å². The molecule has 0 unspecified atom stereocenters. The predicted molar refractivity (Wildman–Crippen MR) is 41.1 cm³/mol. The van der Waals surface area contributed by atoms with Gasteiger partial charge in [-0.3, -0.25) is 0 Å². The molecule has 16 heteroatoms. The maximum Gasteiger partial charge on any atom is 0.460 e. The molecule has 0 aliphatic carbocycles. The first kappa shape index (κ1) is 22.6. The Balaban J connectivity index is 6.38. The fourth-order valence-electron chi connectivity index (χ4n) is 0.907. The van der Waals surface area contributed by atoms with Crippen LogP contribution in [0.5, 0.6) is 0 Å². The molecule has 0 aliphatic rings. The molecule has 0 aromatic carbocycles. The minimum atomic E-state index is -7.61. The summed E-state index contributed by atoms with van der Waals surface area (Å²) >= 11 is 0. The van der Waals surface area contributed by atoms with Crippen LogP contribution in [0.2, 0.25) is 0 Å². The first-order valence-electron chi connectivity index (χ1n) is 4.77. The lowest BCUT2D eigenvalue weighted by Gasteiger charge is -2.30. The summed E-state index contributed by atoms with van der Waals surface area (Å²) in [7, 11) is 0. The van der Waals surface area contributed by atoms with Crippen molar-refractivity contribution in [1.29, 1.82) is 0 Å². The highest BCUT2D eigenvalue weighted by Gasteiger charge is 2.79. The van der Waals surface area contributed by atoms with E-state index >= 15 is 0 Å². The minimum Gasteiger partial charge on any atom is -0.202 e. The van der Waals surface area contributed by atoms with Crippen molar-refractivity contribution in [3.05, 3.63) is 11.7 Å². The van der Waals surface area contributed by atoms with Crippen LogP contribution in [0.25, 0.3) is 0 Å². The van der Waals surface area contributed by atoms with Gasteiger partial charge in [-0.1, -0.05) is 0 Å². The van der Waals surface area contributed by atoms with Gasteiger partial charge >= 0.3 is 36.0 Å². The van der Waals surface area contributed by atoms with E-state index in [4.69, 9.17) is 0 Å². The van der Waals surface area contributed by atoms with Crippen molar-refractivity contribution in [3.8, 4) is 0 Å². The van der Waals surface area contributed by atoms with Crippen LogP contribution in [0.3, 0.4) is 0 Å². The Labute approximate surface area is 119 Å². The Bertz CT molecular complexity index is 455. The van der Waals surface area contributed by atoms with Gasteiger partial charge in [-0.2, -0.15) is 61.5 Å². The van der Waals surface area contributed by atoms with Crippen LogP contribution in [0.1, 0.15) is 0 Å². The number of rotatable bonds is 4. The number of hydrogen-bond acceptors (Lipinski definition) is 0. The van der Waals surface area contributed by atoms with Crippen LogP contribution >= 0.6 is 0 Å². The lowest BCUT2D eigenvalue weighted by molar-refractivity contribution is -0.355. The smallest absolute Gasteiger partial charge is 0.202 e. The Morgan fingerprint density at radius 3 is 0.667 bits per heavy atom. The highest BCUT2D eigenvalue weighted by atomic mass is 19.4. The summed E-state index contributed by atoms with van der Waals surface area (Å²) in [4.78, 5) is 0. The second kappa shape index (κ2) is 5.57. The van der Waals surface area contributed by atoms with E-state index in [-0.39, 0.29) is 0 Å². The molecule has 0 bridgehead atoms. The zero-order chi connectivity index (χ0) is 20.2. The van der Waals surface area contributed by atoms with Crippen molar-refractivity contribution >= 4 is 0 Å². The highest BCUT2D eigenvalue weighted by molar-refractivity contribution is 5.23. The summed E-state index contributed by atoms with van der Waals surface area (Å²) in [6.07, 6.45) is -14.8. The molecule has 0 aliphatic heterocycles. The maximum absolute atomic E-state index is 12.6. The van der Waals surface area contributed by atoms with Gasteiger partial charge in [-0.25, -0.2) is 8.78 Å². The topological polar surface area (TPSA) is 0 Å². The van der Waals surface area contributed by atoms with Gasteiger partial charge in [0.25, 0.3) is 0 Å². The van der Waals surface area contributed by atoms with Crippen molar-refractivity contribution < 1.29 is 70.2 Å². The van der Waals surface area contributed by atoms with E-state index in [0.29, 0.717) is 0 Å². The summed E-state index contributed by atoms with van der Waals surface area (Å²) in [6, 6.07) is 0. The van der Waals surface area contributed by atoms with Crippen LogP contribution in [0.15, 0.2) is 11.7 Å². The van der Waals surface area contributed by atoms with Crippen molar-refractivity contribution in [2.75, 3.05) is 0 Å². The normalized spacial score (nSPS) is 17.0. The van der Waals surface area contributed by atoms with E-state index in [1.807, 2.05) is 0 Å². The van der Waals surface area contributed by atoms with E-state index in [9.17, 15) is 70.2 Å². The fraction of sp³-hybridized carbons (Fsp3) is 0.750. The third kappa shape index (κ3) is 3.10. The lowest BCUT2D eigenvalue weighted by Crippen LogP contribution is -2.55. The first-order valence-corrected chi connectivity index (χ1v) is 4.77. The van der Waals surface area contributed by atoms with Crippen molar-refractivity contribution in [2.45, 2.75) is 36.0 Å². The van der Waals surface area contributed by atoms with Gasteiger partial charge < -0.3 is 0 Å². The molecular weight excluding hydrogens is 400 g/mol. The highest BCUT2D eigenvalue weighted by Crippen LogP contribution is 2.55. The molecule has 0 aromatic rings. The number of halogens is 16. The molecule has 0 atom stereocenters. The monoisotopic (exact) mass is 400 g/mol. The standard InChI is InChI=1S/C8F16/c9-1(3(11,12)5(15,16)7(19,20)21)2(10)4(13,14)6(17,18)8(22,23)24. The molecular formula is C8F16. The van der Waals surface area contributed by atoms with Gasteiger partial charge in [0, 0.05) is 0 Å². The molecule has 24 heavy (non-hydrogen) atoms. The Morgan fingerprint density at radius 1 is 0.375 bits per heavy atom. The zero-order valence-corrected chi connectivity index (χ0v) is 10.0. The molecule has 0 nitrogen and oxygen atoms in total. The molecule has 144 valence electrons. The Kier molecular flexibility index (Phi) is 5.25. The molecule has 0 N–H and O–H groups in total. The van der Waals surface area contributed by atoms with E-state index < -0.39 is 47.7 Å². The van der Waals surface area contributed by atoms with Crippen molar-refractivity contribution in [1.82, 2.24) is 0 Å². The summed E-state index contributed by atoms with van der Waals surface area (Å²) in [6.45, 7) is 0. The molecule has 0 saturated carbocycles. The average molecular weight is 400 g/mol. The van der Waals surface area contributed by atoms with Crippen LogP contribution in [-0.4, -0.2) is 36.0 Å². The summed E-state index contributed by atoms with van der Waals surface area (Å²) < 4.78 is 194. The van der Waals surface area contributed by atoms with Gasteiger partial charge in [-0.15, -0.1) is 0 Å². The van der Waals surface area contributed by atoms with E-state index in [0.717, 1.165) is 0 Å². The molecule has 0 saturated heterocycles. The van der Waals surface area contributed by atoms with Gasteiger partial charge in [0.1, 0.15) is 0 Å². The number of hydrogen-bond donors (Lipinski definition) is 0. The summed E-state index contributed by atoms with van der Waals surface area (Å²) in [5.41, 5.74) is 0. The SMILES string of the molecule is FC(=C(F)C(F)(F)C(F)(F)C(F)(F)F)C(F)(F)C(F)(F)C(F)(F)F. The minimum absolute atomic E-state index is 5.14. The van der Waals surface area contributed by atoms with Gasteiger partial charge in [-0.05, 0) is 0 Å². The molecule has 0 aromatic heterocycles. The average Bonchev–Trinajstić information content (AvgIpc) is 2.33. The van der Waals surface area contributed by atoms with Crippen molar-refractivity contribution in [3.63, 3.8) is 0 Å². The number of alkyl halides is 14. The van der Waals surface area contributed by atoms with Gasteiger partial charge in [0.15, 0.2) is 0 Å². The molecule has 0 spiro atoms. The second-order valence-electron chi connectivity index (χ2n) is 3.92. The lowest BCUT2D eigenvalue weighted by atomic mass is 10.0. The van der Waals surface area contributed by atoms with Gasteiger partial charge in [0.2, 0.25) is 11.7 Å². The summed E-state index contributed by atoms with van der Waals surface area (Å²) in [5, 5.41) is 0. The zero-order valence-electron chi connectivity index (χ0n) is 10.0. The third-order valence-electron chi connectivity index (χ3n) is 2.24. The maximum atomic E-state index is 12.6. The predicted octanol–water partition coefficient (Wildman–Crippen LogP) is 5.80. The van der Waals surface area contributed by atoms with E-state index in [1.165, 1.54) is 0 Å². The summed E-state index contributed by atoms with van der Waals surface area (Å²) in [5.74, 6) is -40.6. The molecule has 0 radical (unpaired) electrons. The van der Waals surface area contributed by atoms with Crippen molar-refractivity contribution in [2.24, 2.45) is 0 Å². The largest absolute Gasteiger partial charge is 0.460 e. The second-order valence-corrected chi connectivity index (χ2v) is 3.92. The van der Waals surface area contributed by atoms with Crippen LogP contribution in [0, 0.1) is 0 Å². The van der Waals surface area contributed by atoms with Crippen LogP contribution in [0.4, 0.5) is 70.2 Å². The van der Waals surface area contributed by atoms with E-state index in [2.05, 4.69) is 0 Å². The quantitative estimate of drug-likeness (QED) is 0.524. The first-order chi connectivity index (χ1) is 10.1. The molecule has 0 fully saturated rings. The molecule has 0 heterocycles. The van der Waals surface area contributed by atoms with Gasteiger partial charge in [0.05, 0.1) is 0 Å². The van der Waals surface area contributed by atoms with Crippen LogP contribution < -0.4 is 0 Å². The third-order valence-corrected chi connectivity index (χ3v) is 2.24. The molecule has 0 amide bonds. The Morgan fingerprint density at radius 2 is 0.542 bits per heavy atom.